The number of carboxylic acids is 1. The van der Waals surface area contributed by atoms with Crippen LogP contribution in [0.15, 0.2) is 29.6 Å². The highest BCUT2D eigenvalue weighted by molar-refractivity contribution is 7.12. The van der Waals surface area contributed by atoms with Crippen molar-refractivity contribution in [3.8, 4) is 11.8 Å². The van der Waals surface area contributed by atoms with Crippen LogP contribution in [-0.2, 0) is 6.61 Å². The Morgan fingerprint density at radius 1 is 1.47 bits per heavy atom. The molecule has 0 unspecified atom stereocenters. The average molecular weight is 294 g/mol. The van der Waals surface area contributed by atoms with Gasteiger partial charge in [-0.3, -0.25) is 0 Å². The van der Waals surface area contributed by atoms with Gasteiger partial charge in [-0.2, -0.15) is 5.26 Å². The van der Waals surface area contributed by atoms with Crippen LogP contribution in [0.1, 0.15) is 20.8 Å². The van der Waals surface area contributed by atoms with E-state index in [4.69, 9.17) is 26.7 Å². The first-order valence-corrected chi connectivity index (χ1v) is 6.49. The van der Waals surface area contributed by atoms with Crippen molar-refractivity contribution in [3.63, 3.8) is 0 Å². The Hall–Kier alpha value is -2.03. The van der Waals surface area contributed by atoms with Gasteiger partial charge in [0.25, 0.3) is 0 Å². The quantitative estimate of drug-likeness (QED) is 0.936. The maximum absolute atomic E-state index is 10.9. The average Bonchev–Trinajstić information content (AvgIpc) is 2.85. The molecule has 0 saturated heterocycles. The third kappa shape index (κ3) is 3.05. The van der Waals surface area contributed by atoms with Crippen molar-refractivity contribution in [3.05, 3.63) is 50.7 Å². The fourth-order valence-corrected chi connectivity index (χ4v) is 2.36. The first-order valence-electron chi connectivity index (χ1n) is 5.24. The SMILES string of the molecule is N#Cc1ccc(COc2ccsc2C(=O)O)c(Cl)c1. The molecule has 1 aromatic carbocycles. The van der Waals surface area contributed by atoms with Crippen molar-refractivity contribution in [2.45, 2.75) is 6.61 Å². The number of hydrogen-bond donors (Lipinski definition) is 1. The summed E-state index contributed by atoms with van der Waals surface area (Å²) in [5, 5.41) is 19.7. The van der Waals surface area contributed by atoms with E-state index >= 15 is 0 Å². The fourth-order valence-electron chi connectivity index (χ4n) is 1.46. The predicted molar refractivity (Wildman–Crippen MR) is 71.8 cm³/mol. The molecule has 96 valence electrons. The normalized spacial score (nSPS) is 9.89. The Kier molecular flexibility index (Phi) is 4.05. The molecule has 2 rings (SSSR count). The van der Waals surface area contributed by atoms with E-state index < -0.39 is 5.97 Å². The van der Waals surface area contributed by atoms with Gasteiger partial charge < -0.3 is 9.84 Å². The van der Waals surface area contributed by atoms with Gasteiger partial charge in [0.15, 0.2) is 4.88 Å². The Balaban J connectivity index is 2.13. The molecule has 0 aliphatic heterocycles. The predicted octanol–water partition coefficient (Wildman–Crippen LogP) is 3.55. The number of thiophene rings is 1. The van der Waals surface area contributed by atoms with Crippen LogP contribution in [0.3, 0.4) is 0 Å². The van der Waals surface area contributed by atoms with Gasteiger partial charge in [0, 0.05) is 10.6 Å². The largest absolute Gasteiger partial charge is 0.487 e. The van der Waals surface area contributed by atoms with Crippen molar-refractivity contribution in [1.29, 1.82) is 5.26 Å². The maximum Gasteiger partial charge on any atom is 0.349 e. The molecule has 0 radical (unpaired) electrons. The summed E-state index contributed by atoms with van der Waals surface area (Å²) in [6.07, 6.45) is 0. The molecule has 0 aliphatic carbocycles. The van der Waals surface area contributed by atoms with Crippen LogP contribution >= 0.6 is 22.9 Å². The molecule has 0 atom stereocenters. The summed E-state index contributed by atoms with van der Waals surface area (Å²) in [6.45, 7) is 0.154. The first-order chi connectivity index (χ1) is 9.11. The van der Waals surface area contributed by atoms with Crippen LogP contribution in [0.2, 0.25) is 5.02 Å². The van der Waals surface area contributed by atoms with Crippen molar-refractivity contribution in [2.24, 2.45) is 0 Å². The molecule has 0 bridgehead atoms. The van der Waals surface area contributed by atoms with Gasteiger partial charge in [0.05, 0.1) is 11.6 Å². The molecule has 0 aliphatic rings. The van der Waals surface area contributed by atoms with Crippen LogP contribution in [-0.4, -0.2) is 11.1 Å². The summed E-state index contributed by atoms with van der Waals surface area (Å²) >= 11 is 7.11. The van der Waals surface area contributed by atoms with Gasteiger partial charge in [-0.1, -0.05) is 17.7 Å². The number of halogens is 1. The zero-order valence-corrected chi connectivity index (χ0v) is 11.2. The molecule has 0 spiro atoms. The van der Waals surface area contributed by atoms with E-state index in [-0.39, 0.29) is 11.5 Å². The first kappa shape index (κ1) is 13.4. The van der Waals surface area contributed by atoms with Crippen LogP contribution in [0.4, 0.5) is 0 Å². The van der Waals surface area contributed by atoms with Crippen LogP contribution in [0.5, 0.6) is 5.75 Å². The molecule has 0 amide bonds. The van der Waals surface area contributed by atoms with Crippen molar-refractivity contribution >= 4 is 28.9 Å². The number of rotatable bonds is 4. The maximum atomic E-state index is 10.9. The van der Waals surface area contributed by atoms with E-state index in [1.807, 2.05) is 6.07 Å². The molecule has 0 fully saturated rings. The summed E-state index contributed by atoms with van der Waals surface area (Å²) < 4.78 is 5.44. The molecule has 19 heavy (non-hydrogen) atoms. The summed E-state index contributed by atoms with van der Waals surface area (Å²) in [5.41, 5.74) is 1.17. The minimum atomic E-state index is -1.02. The topological polar surface area (TPSA) is 70.3 Å². The molecule has 4 nitrogen and oxygen atoms in total. The molecular weight excluding hydrogens is 286 g/mol. The van der Waals surface area contributed by atoms with E-state index in [1.165, 1.54) is 0 Å². The monoisotopic (exact) mass is 293 g/mol. The smallest absolute Gasteiger partial charge is 0.349 e. The number of ether oxygens (including phenoxy) is 1. The third-order valence-electron chi connectivity index (χ3n) is 2.39. The summed E-state index contributed by atoms with van der Waals surface area (Å²) in [7, 11) is 0. The van der Waals surface area contributed by atoms with E-state index in [0.717, 1.165) is 11.3 Å². The lowest BCUT2D eigenvalue weighted by molar-refractivity contribution is 0.0697. The molecule has 2 aromatic rings. The molecule has 1 aromatic heterocycles. The highest BCUT2D eigenvalue weighted by Gasteiger charge is 2.13. The number of hydrogen-bond acceptors (Lipinski definition) is 4. The minimum absolute atomic E-state index is 0.154. The van der Waals surface area contributed by atoms with Gasteiger partial charge in [-0.15, -0.1) is 11.3 Å². The Morgan fingerprint density at radius 2 is 2.26 bits per heavy atom. The molecular formula is C13H8ClNO3S. The van der Waals surface area contributed by atoms with Crippen LogP contribution in [0.25, 0.3) is 0 Å². The lowest BCUT2D eigenvalue weighted by Gasteiger charge is -2.07. The lowest BCUT2D eigenvalue weighted by Crippen LogP contribution is -2.00. The van der Waals surface area contributed by atoms with Crippen molar-refractivity contribution in [2.75, 3.05) is 0 Å². The second kappa shape index (κ2) is 5.74. The van der Waals surface area contributed by atoms with E-state index in [1.54, 1.807) is 29.6 Å². The Labute approximate surface area is 118 Å². The highest BCUT2D eigenvalue weighted by atomic mass is 35.5. The fraction of sp³-hybridized carbons (Fsp3) is 0.0769. The Bertz CT molecular complexity index is 660. The minimum Gasteiger partial charge on any atom is -0.487 e. The van der Waals surface area contributed by atoms with E-state index in [0.29, 0.717) is 21.9 Å². The van der Waals surface area contributed by atoms with Gasteiger partial charge in [0.1, 0.15) is 12.4 Å². The number of carboxylic acid groups (broad SMARTS) is 1. The number of benzene rings is 1. The van der Waals surface area contributed by atoms with Gasteiger partial charge in [0.2, 0.25) is 0 Å². The summed E-state index contributed by atoms with van der Waals surface area (Å²) in [6, 6.07) is 8.46. The van der Waals surface area contributed by atoms with Gasteiger partial charge >= 0.3 is 5.97 Å². The molecule has 6 heteroatoms. The van der Waals surface area contributed by atoms with E-state index in [2.05, 4.69) is 0 Å². The van der Waals surface area contributed by atoms with Crippen molar-refractivity contribution < 1.29 is 14.6 Å². The van der Waals surface area contributed by atoms with Gasteiger partial charge in [-0.05, 0) is 23.6 Å². The van der Waals surface area contributed by atoms with E-state index in [9.17, 15) is 4.79 Å². The van der Waals surface area contributed by atoms with Gasteiger partial charge in [-0.25, -0.2) is 4.79 Å². The van der Waals surface area contributed by atoms with Crippen LogP contribution < -0.4 is 4.74 Å². The van der Waals surface area contributed by atoms with Crippen molar-refractivity contribution in [1.82, 2.24) is 0 Å². The third-order valence-corrected chi connectivity index (χ3v) is 3.62. The molecule has 0 saturated carbocycles. The molecule has 1 N–H and O–H groups in total. The number of carbonyl (C=O) groups is 1. The zero-order valence-electron chi connectivity index (χ0n) is 9.59. The summed E-state index contributed by atoms with van der Waals surface area (Å²) in [4.78, 5) is 11.1. The molecule has 1 heterocycles. The number of nitriles is 1. The highest BCUT2D eigenvalue weighted by Crippen LogP contribution is 2.26. The lowest BCUT2D eigenvalue weighted by atomic mass is 10.1. The second-order valence-electron chi connectivity index (χ2n) is 3.63. The van der Waals surface area contributed by atoms with Crippen LogP contribution in [0, 0.1) is 11.3 Å². The second-order valence-corrected chi connectivity index (χ2v) is 4.95. The zero-order chi connectivity index (χ0) is 13.8. The number of aromatic carboxylic acids is 1. The Morgan fingerprint density at radius 3 is 2.89 bits per heavy atom. The number of nitrogens with zero attached hydrogens (tertiary/aromatic N) is 1. The standard InChI is InChI=1S/C13H8ClNO3S/c14-10-5-8(6-15)1-2-9(10)7-18-11-3-4-19-12(11)13(16)17/h1-5H,7H2,(H,16,17). The summed E-state index contributed by atoms with van der Waals surface area (Å²) in [5.74, 6) is -0.700.